The first-order chi connectivity index (χ1) is 9.50. The third kappa shape index (κ3) is 5.19. The molecule has 1 aliphatic carbocycles. The molecule has 1 aliphatic rings. The molecule has 0 aromatic carbocycles. The highest BCUT2D eigenvalue weighted by Gasteiger charge is 2.44. The molecule has 1 rings (SSSR count). The van der Waals surface area contributed by atoms with E-state index in [0.717, 1.165) is 12.8 Å². The molecular weight excluding hydrogens is 282 g/mol. The molecule has 1 N–H and O–H groups in total. The molecule has 6 heteroatoms. The second-order valence-electron chi connectivity index (χ2n) is 5.58. The number of alkyl halides is 1. The lowest BCUT2D eigenvalue weighted by Gasteiger charge is -2.27. The van der Waals surface area contributed by atoms with Crippen molar-refractivity contribution in [3.63, 3.8) is 0 Å². The molecule has 1 amide bonds. The van der Waals surface area contributed by atoms with E-state index in [0.29, 0.717) is 31.7 Å². The lowest BCUT2D eigenvalue weighted by atomic mass is 9.98. The minimum atomic E-state index is -0.910. The summed E-state index contributed by atoms with van der Waals surface area (Å²) in [7, 11) is 0. The van der Waals surface area contributed by atoms with Gasteiger partial charge in [-0.15, -0.1) is 11.6 Å². The zero-order chi connectivity index (χ0) is 15.0. The van der Waals surface area contributed by atoms with Gasteiger partial charge in [0.1, 0.15) is 5.54 Å². The number of alkyl carbamates (subject to hydrolysis) is 1. The maximum Gasteiger partial charge on any atom is 0.408 e. The Morgan fingerprint density at radius 1 is 1.25 bits per heavy atom. The van der Waals surface area contributed by atoms with E-state index >= 15 is 0 Å². The third-order valence-corrected chi connectivity index (χ3v) is 3.52. The first kappa shape index (κ1) is 17.1. The Kier molecular flexibility index (Phi) is 7.13. The molecule has 0 saturated heterocycles. The van der Waals surface area contributed by atoms with E-state index in [2.05, 4.69) is 5.32 Å². The van der Waals surface area contributed by atoms with Gasteiger partial charge in [-0.2, -0.15) is 0 Å². The second-order valence-corrected chi connectivity index (χ2v) is 5.96. The third-order valence-electron chi connectivity index (χ3n) is 3.25. The van der Waals surface area contributed by atoms with Crippen molar-refractivity contribution in [2.75, 3.05) is 19.1 Å². The number of halogens is 1. The van der Waals surface area contributed by atoms with Crippen molar-refractivity contribution in [1.29, 1.82) is 0 Å². The van der Waals surface area contributed by atoms with Gasteiger partial charge in [-0.1, -0.05) is 26.7 Å². The molecule has 116 valence electrons. The van der Waals surface area contributed by atoms with Crippen LogP contribution in [0.15, 0.2) is 0 Å². The van der Waals surface area contributed by atoms with Crippen LogP contribution in [0, 0.1) is 5.92 Å². The lowest BCUT2D eigenvalue weighted by molar-refractivity contribution is -0.152. The van der Waals surface area contributed by atoms with Crippen LogP contribution in [0.4, 0.5) is 4.79 Å². The van der Waals surface area contributed by atoms with E-state index in [-0.39, 0.29) is 18.5 Å². The fraction of sp³-hybridized carbons (Fsp3) is 0.857. The SMILES string of the molecule is CC(C)COC(=O)C1(NC(=O)OCCCCl)CCCC1. The molecule has 0 radical (unpaired) electrons. The van der Waals surface area contributed by atoms with Crippen molar-refractivity contribution in [3.8, 4) is 0 Å². The standard InChI is InChI=1S/C14H24ClNO4/c1-11(2)10-20-12(17)14(6-3-4-7-14)16-13(18)19-9-5-8-15/h11H,3-10H2,1-2H3,(H,16,18). The summed E-state index contributed by atoms with van der Waals surface area (Å²) in [5.41, 5.74) is -0.910. The Bertz CT molecular complexity index is 327. The summed E-state index contributed by atoms with van der Waals surface area (Å²) in [6, 6.07) is 0. The van der Waals surface area contributed by atoms with Crippen LogP contribution in [0.25, 0.3) is 0 Å². The molecule has 0 atom stereocenters. The molecule has 1 fully saturated rings. The molecular formula is C14H24ClNO4. The molecule has 1 saturated carbocycles. The highest BCUT2D eigenvalue weighted by Crippen LogP contribution is 2.31. The van der Waals surface area contributed by atoms with Crippen LogP contribution < -0.4 is 5.32 Å². The van der Waals surface area contributed by atoms with Crippen LogP contribution >= 0.6 is 11.6 Å². The van der Waals surface area contributed by atoms with Crippen LogP contribution in [-0.4, -0.2) is 36.7 Å². The number of carbonyl (C=O) groups excluding carboxylic acids is 2. The molecule has 0 aromatic rings. The summed E-state index contributed by atoms with van der Waals surface area (Å²) in [4.78, 5) is 24.0. The Balaban J connectivity index is 2.53. The van der Waals surface area contributed by atoms with E-state index in [1.54, 1.807) is 0 Å². The number of hydrogen-bond donors (Lipinski definition) is 1. The number of esters is 1. The van der Waals surface area contributed by atoms with Crippen molar-refractivity contribution >= 4 is 23.7 Å². The summed E-state index contributed by atoms with van der Waals surface area (Å²) in [6.07, 6.45) is 3.04. The van der Waals surface area contributed by atoms with Gasteiger partial charge in [0.2, 0.25) is 0 Å². The minimum Gasteiger partial charge on any atom is -0.464 e. The number of nitrogens with one attached hydrogen (secondary N) is 1. The molecule has 0 spiro atoms. The molecule has 0 aromatic heterocycles. The summed E-state index contributed by atoms with van der Waals surface area (Å²) >= 11 is 5.52. The monoisotopic (exact) mass is 305 g/mol. The quantitative estimate of drug-likeness (QED) is 0.446. The lowest BCUT2D eigenvalue weighted by Crippen LogP contribution is -2.53. The van der Waals surface area contributed by atoms with Crippen LogP contribution in [0.3, 0.4) is 0 Å². The average Bonchev–Trinajstić information content (AvgIpc) is 2.86. The Hall–Kier alpha value is -0.970. The fourth-order valence-electron chi connectivity index (χ4n) is 2.19. The number of rotatable bonds is 7. The van der Waals surface area contributed by atoms with Crippen molar-refractivity contribution in [2.24, 2.45) is 5.92 Å². The maximum atomic E-state index is 12.2. The summed E-state index contributed by atoms with van der Waals surface area (Å²) in [5, 5.41) is 2.70. The molecule has 0 bridgehead atoms. The van der Waals surface area contributed by atoms with E-state index in [1.807, 2.05) is 13.8 Å². The van der Waals surface area contributed by atoms with Gasteiger partial charge in [-0.3, -0.25) is 0 Å². The molecule has 20 heavy (non-hydrogen) atoms. The maximum absolute atomic E-state index is 12.2. The van der Waals surface area contributed by atoms with E-state index < -0.39 is 11.6 Å². The van der Waals surface area contributed by atoms with Gasteiger partial charge in [-0.05, 0) is 25.2 Å². The number of hydrogen-bond acceptors (Lipinski definition) is 4. The minimum absolute atomic E-state index is 0.256. The van der Waals surface area contributed by atoms with Gasteiger partial charge < -0.3 is 14.8 Å². The van der Waals surface area contributed by atoms with Gasteiger partial charge >= 0.3 is 12.1 Å². The topological polar surface area (TPSA) is 64.6 Å². The van der Waals surface area contributed by atoms with Crippen LogP contribution in [-0.2, 0) is 14.3 Å². The van der Waals surface area contributed by atoms with Crippen LogP contribution in [0.2, 0.25) is 0 Å². The fourth-order valence-corrected chi connectivity index (χ4v) is 2.30. The normalized spacial score (nSPS) is 17.0. The number of carbonyl (C=O) groups is 2. The van der Waals surface area contributed by atoms with Crippen molar-refractivity contribution in [3.05, 3.63) is 0 Å². The van der Waals surface area contributed by atoms with Gasteiger partial charge in [0.05, 0.1) is 13.2 Å². The highest BCUT2D eigenvalue weighted by molar-refractivity contribution is 6.17. The first-order valence-corrected chi connectivity index (χ1v) is 7.72. The molecule has 5 nitrogen and oxygen atoms in total. The second kappa shape index (κ2) is 8.35. The number of amides is 1. The largest absolute Gasteiger partial charge is 0.464 e. The highest BCUT2D eigenvalue weighted by atomic mass is 35.5. The summed E-state index contributed by atoms with van der Waals surface area (Å²) < 4.78 is 10.3. The van der Waals surface area contributed by atoms with Crippen molar-refractivity contribution in [2.45, 2.75) is 51.5 Å². The molecule has 0 heterocycles. The molecule has 0 aliphatic heterocycles. The summed E-state index contributed by atoms with van der Waals surface area (Å²) in [6.45, 7) is 4.57. The van der Waals surface area contributed by atoms with Crippen LogP contribution in [0.5, 0.6) is 0 Å². The Labute approximate surface area is 125 Å². The first-order valence-electron chi connectivity index (χ1n) is 7.18. The van der Waals surface area contributed by atoms with Gasteiger partial charge in [-0.25, -0.2) is 9.59 Å². The number of ether oxygens (including phenoxy) is 2. The van der Waals surface area contributed by atoms with Gasteiger partial charge in [0.15, 0.2) is 0 Å². The van der Waals surface area contributed by atoms with E-state index in [9.17, 15) is 9.59 Å². The zero-order valence-corrected chi connectivity index (χ0v) is 13.0. The smallest absolute Gasteiger partial charge is 0.408 e. The van der Waals surface area contributed by atoms with Crippen molar-refractivity contribution in [1.82, 2.24) is 5.32 Å². The average molecular weight is 306 g/mol. The van der Waals surface area contributed by atoms with Crippen LogP contribution in [0.1, 0.15) is 46.0 Å². The Morgan fingerprint density at radius 3 is 2.45 bits per heavy atom. The predicted molar refractivity (Wildman–Crippen MR) is 76.8 cm³/mol. The van der Waals surface area contributed by atoms with Gasteiger partial charge in [0.25, 0.3) is 0 Å². The Morgan fingerprint density at radius 2 is 1.90 bits per heavy atom. The predicted octanol–water partition coefficient (Wildman–Crippen LogP) is 2.85. The zero-order valence-electron chi connectivity index (χ0n) is 12.2. The summed E-state index contributed by atoms with van der Waals surface area (Å²) in [5.74, 6) is 0.362. The van der Waals surface area contributed by atoms with Crippen molar-refractivity contribution < 1.29 is 19.1 Å². The van der Waals surface area contributed by atoms with E-state index in [1.165, 1.54) is 0 Å². The van der Waals surface area contributed by atoms with E-state index in [4.69, 9.17) is 21.1 Å². The molecule has 0 unspecified atom stereocenters. The van der Waals surface area contributed by atoms with Gasteiger partial charge in [0, 0.05) is 5.88 Å².